The van der Waals surface area contributed by atoms with Crippen LogP contribution in [0.15, 0.2) is 24.3 Å². The van der Waals surface area contributed by atoms with Gasteiger partial charge in [0.1, 0.15) is 10.0 Å². The lowest BCUT2D eigenvalue weighted by Crippen LogP contribution is -2.22. The Bertz CT molecular complexity index is 887. The third-order valence-electron chi connectivity index (χ3n) is 3.61. The van der Waals surface area contributed by atoms with Crippen LogP contribution in [-0.2, 0) is 13.0 Å². The maximum Gasteiger partial charge on any atom is 0.251 e. The van der Waals surface area contributed by atoms with E-state index in [-0.39, 0.29) is 5.91 Å². The van der Waals surface area contributed by atoms with Crippen LogP contribution >= 0.6 is 22.7 Å². The first-order valence-electron chi connectivity index (χ1n) is 7.95. The molecule has 0 aliphatic carbocycles. The Morgan fingerprint density at radius 1 is 1.20 bits per heavy atom. The van der Waals surface area contributed by atoms with Gasteiger partial charge in [0.2, 0.25) is 0 Å². The molecule has 2 heterocycles. The average molecular weight is 374 g/mol. The molecule has 0 radical (unpaired) electrons. The minimum Gasteiger partial charge on any atom is -0.365 e. The van der Waals surface area contributed by atoms with E-state index in [0.717, 1.165) is 37.7 Å². The van der Waals surface area contributed by atoms with Crippen LogP contribution in [-0.4, -0.2) is 28.1 Å². The van der Waals surface area contributed by atoms with Crippen LogP contribution in [0.2, 0.25) is 0 Å². The number of anilines is 1. The van der Waals surface area contributed by atoms with Gasteiger partial charge in [0.05, 0.1) is 17.1 Å². The molecule has 25 heavy (non-hydrogen) atoms. The largest absolute Gasteiger partial charge is 0.365 e. The fourth-order valence-corrected chi connectivity index (χ4v) is 3.97. The van der Waals surface area contributed by atoms with Crippen LogP contribution in [0.3, 0.4) is 0 Å². The molecule has 130 valence electrons. The smallest absolute Gasteiger partial charge is 0.251 e. The van der Waals surface area contributed by atoms with E-state index in [2.05, 4.69) is 25.8 Å². The summed E-state index contributed by atoms with van der Waals surface area (Å²) in [6.45, 7) is 4.40. The molecule has 0 spiro atoms. The topological polar surface area (TPSA) is 79.8 Å². The molecule has 2 aromatic heterocycles. The van der Waals surface area contributed by atoms with E-state index in [9.17, 15) is 4.79 Å². The minimum absolute atomic E-state index is 0.119. The van der Waals surface area contributed by atoms with Crippen LogP contribution in [0, 0.1) is 6.92 Å². The average Bonchev–Trinajstić information content (AvgIpc) is 3.25. The van der Waals surface area contributed by atoms with Crippen molar-refractivity contribution < 1.29 is 4.79 Å². The number of benzene rings is 1. The van der Waals surface area contributed by atoms with Gasteiger partial charge in [-0.25, -0.2) is 4.98 Å². The van der Waals surface area contributed by atoms with E-state index in [1.165, 1.54) is 11.3 Å². The summed E-state index contributed by atoms with van der Waals surface area (Å²) >= 11 is 3.10. The highest BCUT2D eigenvalue weighted by Crippen LogP contribution is 2.32. The predicted octanol–water partition coefficient (Wildman–Crippen LogP) is 3.50. The summed E-state index contributed by atoms with van der Waals surface area (Å²) in [7, 11) is 1.85. The van der Waals surface area contributed by atoms with E-state index < -0.39 is 0 Å². The van der Waals surface area contributed by atoms with Gasteiger partial charge in [-0.15, -0.1) is 10.2 Å². The maximum atomic E-state index is 12.4. The van der Waals surface area contributed by atoms with Crippen LogP contribution in [0.25, 0.3) is 10.4 Å². The van der Waals surface area contributed by atoms with Gasteiger partial charge < -0.3 is 10.6 Å². The van der Waals surface area contributed by atoms with Crippen molar-refractivity contribution in [3.05, 3.63) is 45.5 Å². The second-order valence-corrected chi connectivity index (χ2v) is 7.54. The molecule has 0 saturated heterocycles. The summed E-state index contributed by atoms with van der Waals surface area (Å²) in [4.78, 5) is 18.0. The summed E-state index contributed by atoms with van der Waals surface area (Å²) < 4.78 is 0. The molecule has 2 N–H and O–H groups in total. The first-order chi connectivity index (χ1) is 12.1. The number of carbonyl (C=O) groups excluding carboxylic acids is 1. The van der Waals surface area contributed by atoms with Crippen molar-refractivity contribution in [2.24, 2.45) is 0 Å². The molecule has 0 fully saturated rings. The zero-order valence-corrected chi connectivity index (χ0v) is 15.9. The van der Waals surface area contributed by atoms with Crippen molar-refractivity contribution in [1.29, 1.82) is 0 Å². The molecule has 0 atom stereocenters. The maximum absolute atomic E-state index is 12.4. The molecule has 0 saturated carbocycles. The Morgan fingerprint density at radius 2 is 2.00 bits per heavy atom. The highest BCUT2D eigenvalue weighted by Gasteiger charge is 2.12. The molecule has 8 heteroatoms. The Labute approximate surface area is 154 Å². The monoisotopic (exact) mass is 373 g/mol. The van der Waals surface area contributed by atoms with Crippen LogP contribution in [0.5, 0.6) is 0 Å². The number of aromatic nitrogens is 3. The second kappa shape index (κ2) is 7.71. The molecular weight excluding hydrogens is 354 g/mol. The molecule has 1 aromatic carbocycles. The fraction of sp³-hybridized carbons (Fsp3) is 0.294. The number of hydrogen-bond acceptors (Lipinski definition) is 7. The van der Waals surface area contributed by atoms with Crippen LogP contribution in [0.4, 0.5) is 5.13 Å². The lowest BCUT2D eigenvalue weighted by Gasteiger charge is -2.05. The Balaban J connectivity index is 1.73. The van der Waals surface area contributed by atoms with E-state index in [4.69, 9.17) is 0 Å². The molecule has 0 unspecified atom stereocenters. The molecule has 1 amide bonds. The molecule has 0 bridgehead atoms. The number of nitrogens with zero attached hydrogens (tertiary/aromatic N) is 3. The molecule has 6 nitrogen and oxygen atoms in total. The zero-order valence-electron chi connectivity index (χ0n) is 14.3. The summed E-state index contributed by atoms with van der Waals surface area (Å²) in [6.07, 6.45) is 0.858. The van der Waals surface area contributed by atoms with E-state index in [1.54, 1.807) is 11.3 Å². The van der Waals surface area contributed by atoms with E-state index in [1.807, 2.05) is 45.2 Å². The van der Waals surface area contributed by atoms with E-state index >= 15 is 0 Å². The molecule has 0 aliphatic heterocycles. The quantitative estimate of drug-likeness (QED) is 0.691. The van der Waals surface area contributed by atoms with Gasteiger partial charge in [-0.1, -0.05) is 41.7 Å². The lowest BCUT2D eigenvalue weighted by atomic mass is 10.1. The van der Waals surface area contributed by atoms with E-state index in [0.29, 0.717) is 12.1 Å². The van der Waals surface area contributed by atoms with Gasteiger partial charge in [0.25, 0.3) is 5.91 Å². The number of nitrogens with one attached hydrogen (secondary N) is 2. The van der Waals surface area contributed by atoms with Crippen molar-refractivity contribution in [2.45, 2.75) is 26.8 Å². The zero-order chi connectivity index (χ0) is 17.8. The minimum atomic E-state index is -0.119. The predicted molar refractivity (Wildman–Crippen MR) is 102 cm³/mol. The van der Waals surface area contributed by atoms with Crippen LogP contribution in [0.1, 0.15) is 33.0 Å². The van der Waals surface area contributed by atoms with Crippen molar-refractivity contribution in [2.75, 3.05) is 12.4 Å². The Morgan fingerprint density at radius 3 is 2.68 bits per heavy atom. The molecule has 0 aliphatic rings. The summed E-state index contributed by atoms with van der Waals surface area (Å²) in [6, 6.07) is 7.59. The lowest BCUT2D eigenvalue weighted by molar-refractivity contribution is 0.0951. The van der Waals surface area contributed by atoms with Crippen molar-refractivity contribution in [3.8, 4) is 10.4 Å². The van der Waals surface area contributed by atoms with Gasteiger partial charge in [-0.3, -0.25) is 4.79 Å². The molecule has 3 rings (SSSR count). The number of carbonyl (C=O) groups is 1. The van der Waals surface area contributed by atoms with Gasteiger partial charge in [0, 0.05) is 12.6 Å². The second-order valence-electron chi connectivity index (χ2n) is 5.39. The third-order valence-corrected chi connectivity index (χ3v) is 5.90. The number of amides is 1. The first-order valence-corrected chi connectivity index (χ1v) is 9.59. The summed E-state index contributed by atoms with van der Waals surface area (Å²) in [5.74, 6) is -0.119. The highest BCUT2D eigenvalue weighted by atomic mass is 32.1. The van der Waals surface area contributed by atoms with Crippen molar-refractivity contribution in [1.82, 2.24) is 20.5 Å². The van der Waals surface area contributed by atoms with Crippen molar-refractivity contribution in [3.63, 3.8) is 0 Å². The summed E-state index contributed by atoms with van der Waals surface area (Å²) in [5, 5.41) is 16.8. The van der Waals surface area contributed by atoms with Gasteiger partial charge in [0.15, 0.2) is 5.13 Å². The van der Waals surface area contributed by atoms with Crippen LogP contribution < -0.4 is 10.6 Å². The SMILES string of the molecule is CCc1nnc(CNC(=O)c2cccc(-c3sc(NC)nc3C)c2)s1. The van der Waals surface area contributed by atoms with Gasteiger partial charge in [-0.05, 0) is 31.0 Å². The number of rotatable bonds is 6. The standard InChI is InChI=1S/C17H19N5OS2/c1-4-13-21-22-14(24-13)9-19-16(23)12-7-5-6-11(8-12)15-10(2)20-17(18-3)25-15/h5-8H,4,9H2,1-3H3,(H,18,20)(H,19,23). The molecular formula is C17H19N5OS2. The Kier molecular flexibility index (Phi) is 5.40. The fourth-order valence-electron chi connectivity index (χ4n) is 2.33. The summed E-state index contributed by atoms with van der Waals surface area (Å²) in [5.41, 5.74) is 2.57. The third kappa shape index (κ3) is 4.02. The first kappa shape index (κ1) is 17.5. The normalized spacial score (nSPS) is 10.7. The molecule has 3 aromatic rings. The van der Waals surface area contributed by atoms with Gasteiger partial charge in [-0.2, -0.15) is 0 Å². The Hall–Kier alpha value is -2.32. The number of hydrogen-bond donors (Lipinski definition) is 2. The highest BCUT2D eigenvalue weighted by molar-refractivity contribution is 7.19. The van der Waals surface area contributed by atoms with Crippen molar-refractivity contribution >= 4 is 33.7 Å². The number of aryl methyl sites for hydroxylation is 2. The number of thiazole rings is 1. The van der Waals surface area contributed by atoms with Gasteiger partial charge >= 0.3 is 0 Å².